The minimum absolute atomic E-state index is 0.351. The van der Waals surface area contributed by atoms with Crippen molar-refractivity contribution in [2.75, 3.05) is 12.8 Å². The molecule has 4 nitrogen and oxygen atoms in total. The average Bonchev–Trinajstić information content (AvgIpc) is 3.12. The zero-order valence-electron chi connectivity index (χ0n) is 12.8. The summed E-state index contributed by atoms with van der Waals surface area (Å²) in [4.78, 5) is 16.1. The first-order valence-electron chi connectivity index (χ1n) is 7.33. The molecule has 3 rings (SSSR count). The van der Waals surface area contributed by atoms with Crippen molar-refractivity contribution in [2.24, 2.45) is 0 Å². The third-order valence-electron chi connectivity index (χ3n) is 4.04. The standard InChI is InChI=1S/C19H18N2O2/c1-23-18(22)19(17-8-5-13-21-17,14-6-3-2-4-7-14)15-9-11-16(20)12-10-15/h2-13,21H,20H2,1H3. The van der Waals surface area contributed by atoms with Crippen LogP contribution in [-0.2, 0) is 14.9 Å². The fraction of sp³-hybridized carbons (Fsp3) is 0.105. The second kappa shape index (κ2) is 6.01. The molecule has 23 heavy (non-hydrogen) atoms. The van der Waals surface area contributed by atoms with Crippen molar-refractivity contribution in [3.8, 4) is 0 Å². The van der Waals surface area contributed by atoms with E-state index in [0.717, 1.165) is 16.8 Å². The number of aromatic amines is 1. The fourth-order valence-electron chi connectivity index (χ4n) is 2.96. The van der Waals surface area contributed by atoms with E-state index in [1.165, 1.54) is 7.11 Å². The Balaban J connectivity index is 2.35. The van der Waals surface area contributed by atoms with Crippen LogP contribution in [0.1, 0.15) is 16.8 Å². The molecule has 116 valence electrons. The first-order valence-corrected chi connectivity index (χ1v) is 7.33. The highest BCUT2D eigenvalue weighted by atomic mass is 16.5. The molecule has 3 aromatic rings. The van der Waals surface area contributed by atoms with Crippen LogP contribution in [0.5, 0.6) is 0 Å². The monoisotopic (exact) mass is 306 g/mol. The Morgan fingerprint density at radius 1 is 0.957 bits per heavy atom. The highest BCUT2D eigenvalue weighted by Gasteiger charge is 2.45. The number of esters is 1. The lowest BCUT2D eigenvalue weighted by Crippen LogP contribution is -2.39. The Hall–Kier alpha value is -3.01. The van der Waals surface area contributed by atoms with E-state index >= 15 is 0 Å². The molecule has 1 unspecified atom stereocenters. The Bertz CT molecular complexity index is 780. The number of nitrogens with one attached hydrogen (secondary N) is 1. The van der Waals surface area contributed by atoms with Gasteiger partial charge < -0.3 is 15.5 Å². The second-order valence-corrected chi connectivity index (χ2v) is 5.31. The van der Waals surface area contributed by atoms with Gasteiger partial charge in [0.15, 0.2) is 5.41 Å². The first-order chi connectivity index (χ1) is 11.2. The fourth-order valence-corrected chi connectivity index (χ4v) is 2.96. The Morgan fingerprint density at radius 2 is 1.61 bits per heavy atom. The summed E-state index contributed by atoms with van der Waals surface area (Å²) in [6, 6.07) is 20.7. The number of nitrogens with two attached hydrogens (primary N) is 1. The summed E-state index contributed by atoms with van der Waals surface area (Å²) in [5.74, 6) is -0.351. The number of anilines is 1. The molecule has 2 aromatic carbocycles. The highest BCUT2D eigenvalue weighted by molar-refractivity contribution is 5.91. The first kappa shape index (κ1) is 14.9. The van der Waals surface area contributed by atoms with E-state index < -0.39 is 5.41 Å². The van der Waals surface area contributed by atoms with Gasteiger partial charge in [-0.15, -0.1) is 0 Å². The summed E-state index contributed by atoms with van der Waals surface area (Å²) in [6.45, 7) is 0. The minimum atomic E-state index is -1.06. The van der Waals surface area contributed by atoms with Crippen molar-refractivity contribution < 1.29 is 9.53 Å². The van der Waals surface area contributed by atoms with Gasteiger partial charge in [-0.05, 0) is 35.4 Å². The number of hydrogen-bond acceptors (Lipinski definition) is 3. The number of carbonyl (C=O) groups is 1. The summed E-state index contributed by atoms with van der Waals surface area (Å²) in [5.41, 5.74) is 7.78. The molecule has 0 saturated heterocycles. The van der Waals surface area contributed by atoms with E-state index in [1.807, 2.05) is 54.6 Å². The van der Waals surface area contributed by atoms with Gasteiger partial charge in [-0.3, -0.25) is 4.79 Å². The summed E-state index contributed by atoms with van der Waals surface area (Å²) < 4.78 is 5.19. The van der Waals surface area contributed by atoms with Crippen LogP contribution in [0.25, 0.3) is 0 Å². The lowest BCUT2D eigenvalue weighted by atomic mass is 9.72. The number of ether oxygens (including phenoxy) is 1. The largest absolute Gasteiger partial charge is 0.468 e. The average molecular weight is 306 g/mol. The van der Waals surface area contributed by atoms with Crippen molar-refractivity contribution in [2.45, 2.75) is 5.41 Å². The van der Waals surface area contributed by atoms with Gasteiger partial charge in [0.25, 0.3) is 0 Å². The zero-order chi connectivity index (χ0) is 16.3. The van der Waals surface area contributed by atoms with Crippen molar-refractivity contribution in [3.05, 3.63) is 89.7 Å². The highest BCUT2D eigenvalue weighted by Crippen LogP contribution is 2.39. The van der Waals surface area contributed by atoms with Crippen molar-refractivity contribution in [3.63, 3.8) is 0 Å². The number of H-pyrrole nitrogens is 1. The molecule has 0 aliphatic carbocycles. The predicted octanol–water partition coefficient (Wildman–Crippen LogP) is 3.10. The third-order valence-corrected chi connectivity index (χ3v) is 4.04. The number of methoxy groups -OCH3 is 1. The summed E-state index contributed by atoms with van der Waals surface area (Å²) in [5, 5.41) is 0. The maximum atomic E-state index is 12.9. The minimum Gasteiger partial charge on any atom is -0.468 e. The van der Waals surface area contributed by atoms with Gasteiger partial charge in [0.05, 0.1) is 7.11 Å². The van der Waals surface area contributed by atoms with Gasteiger partial charge in [0, 0.05) is 17.6 Å². The number of nitrogen functional groups attached to an aromatic ring is 1. The van der Waals surface area contributed by atoms with E-state index in [4.69, 9.17) is 10.5 Å². The van der Waals surface area contributed by atoms with E-state index in [2.05, 4.69) is 4.98 Å². The quantitative estimate of drug-likeness (QED) is 0.575. The molecule has 0 aliphatic heterocycles. The molecule has 0 fully saturated rings. The van der Waals surface area contributed by atoms with E-state index in [-0.39, 0.29) is 5.97 Å². The van der Waals surface area contributed by atoms with Crippen molar-refractivity contribution >= 4 is 11.7 Å². The number of hydrogen-bond donors (Lipinski definition) is 2. The van der Waals surface area contributed by atoms with Crippen LogP contribution < -0.4 is 5.73 Å². The summed E-state index contributed by atoms with van der Waals surface area (Å²) in [7, 11) is 1.40. The van der Waals surface area contributed by atoms with E-state index in [1.54, 1.807) is 18.3 Å². The van der Waals surface area contributed by atoms with Gasteiger partial charge in [0.2, 0.25) is 0 Å². The molecule has 1 aromatic heterocycles. The van der Waals surface area contributed by atoms with Gasteiger partial charge in [-0.2, -0.15) is 0 Å². The van der Waals surface area contributed by atoms with Crippen LogP contribution in [0.2, 0.25) is 0 Å². The molecule has 1 heterocycles. The maximum absolute atomic E-state index is 12.9. The topological polar surface area (TPSA) is 68.1 Å². The molecule has 0 saturated carbocycles. The smallest absolute Gasteiger partial charge is 0.326 e. The molecule has 4 heteroatoms. The van der Waals surface area contributed by atoms with Crippen LogP contribution in [0.3, 0.4) is 0 Å². The maximum Gasteiger partial charge on any atom is 0.326 e. The lowest BCUT2D eigenvalue weighted by molar-refractivity contribution is -0.144. The van der Waals surface area contributed by atoms with Gasteiger partial charge in [-0.25, -0.2) is 0 Å². The van der Waals surface area contributed by atoms with E-state index in [0.29, 0.717) is 5.69 Å². The second-order valence-electron chi connectivity index (χ2n) is 5.31. The number of aromatic nitrogens is 1. The number of benzene rings is 2. The SMILES string of the molecule is COC(=O)C(c1ccccc1)(c1ccc(N)cc1)c1ccc[nH]1. The van der Waals surface area contributed by atoms with Crippen LogP contribution in [0.4, 0.5) is 5.69 Å². The van der Waals surface area contributed by atoms with Crippen LogP contribution in [0, 0.1) is 0 Å². The molecule has 0 bridgehead atoms. The van der Waals surface area contributed by atoms with Crippen LogP contribution >= 0.6 is 0 Å². The molecular weight excluding hydrogens is 288 g/mol. The molecule has 1 atom stereocenters. The van der Waals surface area contributed by atoms with Gasteiger partial charge >= 0.3 is 5.97 Å². The number of carbonyl (C=O) groups excluding carboxylic acids is 1. The summed E-state index contributed by atoms with van der Waals surface area (Å²) >= 11 is 0. The van der Waals surface area contributed by atoms with Crippen LogP contribution in [0.15, 0.2) is 72.9 Å². The lowest BCUT2D eigenvalue weighted by Gasteiger charge is -2.31. The van der Waals surface area contributed by atoms with Crippen LogP contribution in [-0.4, -0.2) is 18.1 Å². The van der Waals surface area contributed by atoms with Gasteiger partial charge in [-0.1, -0.05) is 42.5 Å². The normalized spacial score (nSPS) is 13.3. The van der Waals surface area contributed by atoms with E-state index in [9.17, 15) is 4.79 Å². The van der Waals surface area contributed by atoms with Crippen molar-refractivity contribution in [1.29, 1.82) is 0 Å². The molecule has 0 amide bonds. The molecule has 3 N–H and O–H groups in total. The van der Waals surface area contributed by atoms with Gasteiger partial charge in [0.1, 0.15) is 0 Å². The molecule has 0 radical (unpaired) electrons. The predicted molar refractivity (Wildman–Crippen MR) is 90.0 cm³/mol. The zero-order valence-corrected chi connectivity index (χ0v) is 12.8. The summed E-state index contributed by atoms with van der Waals surface area (Å²) in [6.07, 6.45) is 1.80. The Labute approximate surface area is 134 Å². The number of rotatable bonds is 4. The third kappa shape index (κ3) is 2.38. The Morgan fingerprint density at radius 3 is 2.17 bits per heavy atom. The molecule has 0 spiro atoms. The molecular formula is C19H18N2O2. The Kier molecular flexibility index (Phi) is 3.89. The molecule has 0 aliphatic rings. The van der Waals surface area contributed by atoms with Crippen molar-refractivity contribution in [1.82, 2.24) is 4.98 Å².